The van der Waals surface area contributed by atoms with Crippen LogP contribution in [0.4, 0.5) is 5.69 Å². The Hall–Kier alpha value is -0.340. The highest BCUT2D eigenvalue weighted by Gasteiger charge is 2.03. The minimum absolute atomic E-state index is 0.655. The highest BCUT2D eigenvalue weighted by atomic mass is 35.5. The molecule has 0 fully saturated rings. The minimum atomic E-state index is 0.655. The summed E-state index contributed by atoms with van der Waals surface area (Å²) in [5, 5.41) is 0.656. The van der Waals surface area contributed by atoms with Crippen molar-refractivity contribution in [3.05, 3.63) is 23.2 Å². The zero-order valence-corrected chi connectivity index (χ0v) is 10.9. The quantitative estimate of drug-likeness (QED) is 0.611. The second-order valence-electron chi connectivity index (χ2n) is 3.89. The van der Waals surface area contributed by atoms with Crippen LogP contribution in [0.25, 0.3) is 0 Å². The van der Waals surface area contributed by atoms with Gasteiger partial charge >= 0.3 is 0 Å². The molecule has 0 saturated carbocycles. The summed E-state index contributed by atoms with van der Waals surface area (Å²) in [4.78, 5) is 1.21. The Morgan fingerprint density at radius 1 is 1.47 bits per heavy atom. The van der Waals surface area contributed by atoms with E-state index >= 15 is 0 Å². The van der Waals surface area contributed by atoms with E-state index in [1.165, 1.54) is 17.7 Å². The van der Waals surface area contributed by atoms with Gasteiger partial charge in [0.15, 0.2) is 0 Å². The molecule has 0 amide bonds. The van der Waals surface area contributed by atoms with Crippen molar-refractivity contribution in [3.63, 3.8) is 0 Å². The third-order valence-electron chi connectivity index (χ3n) is 2.29. The molecule has 0 spiro atoms. The van der Waals surface area contributed by atoms with Crippen LogP contribution >= 0.6 is 23.4 Å². The van der Waals surface area contributed by atoms with E-state index in [0.29, 0.717) is 10.7 Å². The van der Waals surface area contributed by atoms with Crippen LogP contribution in [-0.2, 0) is 0 Å². The van der Waals surface area contributed by atoms with Crippen LogP contribution in [0.5, 0.6) is 0 Å². The fourth-order valence-electron chi connectivity index (χ4n) is 1.41. The summed E-state index contributed by atoms with van der Waals surface area (Å²) in [6.07, 6.45) is 2.54. The van der Waals surface area contributed by atoms with E-state index in [1.807, 2.05) is 30.0 Å². The number of halogens is 1. The molecule has 0 aliphatic heterocycles. The van der Waals surface area contributed by atoms with Gasteiger partial charge in [0, 0.05) is 10.6 Å². The van der Waals surface area contributed by atoms with Crippen molar-refractivity contribution in [1.82, 2.24) is 0 Å². The summed E-state index contributed by atoms with van der Waals surface area (Å²) in [5.41, 5.74) is 6.31. The molecule has 0 aliphatic carbocycles. The van der Waals surface area contributed by atoms with Crippen LogP contribution in [-0.4, -0.2) is 5.75 Å². The highest BCUT2D eigenvalue weighted by Crippen LogP contribution is 2.28. The average molecular weight is 244 g/mol. The van der Waals surface area contributed by atoms with Crippen molar-refractivity contribution in [2.24, 2.45) is 5.92 Å². The molecule has 0 saturated heterocycles. The molecule has 0 radical (unpaired) electrons. The molecule has 84 valence electrons. The first-order valence-corrected chi connectivity index (χ1v) is 6.67. The van der Waals surface area contributed by atoms with E-state index in [9.17, 15) is 0 Å². The molecule has 1 atom stereocenters. The molecular formula is C12H18ClNS. The van der Waals surface area contributed by atoms with Crippen LogP contribution in [0.15, 0.2) is 23.1 Å². The Labute approximate surface area is 101 Å². The molecule has 1 nitrogen and oxygen atoms in total. The third kappa shape index (κ3) is 4.35. The number of rotatable bonds is 5. The number of hydrogen-bond acceptors (Lipinski definition) is 2. The average Bonchev–Trinajstić information content (AvgIpc) is 2.20. The van der Waals surface area contributed by atoms with Crippen molar-refractivity contribution < 1.29 is 0 Å². The standard InChI is InChI=1S/C12H18ClNS/c1-3-4-9(2)8-15-10-5-6-12(14)11(13)7-10/h5-7,9H,3-4,8,14H2,1-2H3. The van der Waals surface area contributed by atoms with Gasteiger partial charge in [0.2, 0.25) is 0 Å². The van der Waals surface area contributed by atoms with Crippen molar-refractivity contribution in [2.75, 3.05) is 11.5 Å². The van der Waals surface area contributed by atoms with Crippen molar-refractivity contribution in [1.29, 1.82) is 0 Å². The molecule has 15 heavy (non-hydrogen) atoms. The fraction of sp³-hybridized carbons (Fsp3) is 0.500. The first-order valence-electron chi connectivity index (χ1n) is 5.31. The summed E-state index contributed by atoms with van der Waals surface area (Å²) in [6, 6.07) is 5.85. The van der Waals surface area contributed by atoms with Crippen LogP contribution in [0.1, 0.15) is 26.7 Å². The van der Waals surface area contributed by atoms with Crippen LogP contribution in [0, 0.1) is 5.92 Å². The first kappa shape index (κ1) is 12.7. The van der Waals surface area contributed by atoms with Gasteiger partial charge in [-0.3, -0.25) is 0 Å². The van der Waals surface area contributed by atoms with Crippen LogP contribution < -0.4 is 5.73 Å². The second kappa shape index (κ2) is 6.29. The Morgan fingerprint density at radius 2 is 2.20 bits per heavy atom. The molecule has 1 aromatic rings. The molecular weight excluding hydrogens is 226 g/mol. The van der Waals surface area contributed by atoms with Crippen LogP contribution in [0.3, 0.4) is 0 Å². The lowest BCUT2D eigenvalue weighted by Crippen LogP contribution is -1.97. The van der Waals surface area contributed by atoms with Gasteiger partial charge in [-0.05, 0) is 24.1 Å². The molecule has 2 N–H and O–H groups in total. The topological polar surface area (TPSA) is 26.0 Å². The largest absolute Gasteiger partial charge is 0.398 e. The summed E-state index contributed by atoms with van der Waals surface area (Å²) >= 11 is 7.80. The van der Waals surface area contributed by atoms with Crippen molar-refractivity contribution >= 4 is 29.1 Å². The highest BCUT2D eigenvalue weighted by molar-refractivity contribution is 7.99. The first-order chi connectivity index (χ1) is 7.13. The monoisotopic (exact) mass is 243 g/mol. The number of anilines is 1. The molecule has 0 heterocycles. The van der Waals surface area contributed by atoms with Crippen LogP contribution in [0.2, 0.25) is 5.02 Å². The van der Waals surface area contributed by atoms with Gasteiger partial charge in [-0.1, -0.05) is 38.3 Å². The number of thioether (sulfide) groups is 1. The number of hydrogen-bond donors (Lipinski definition) is 1. The molecule has 0 aromatic heterocycles. The van der Waals surface area contributed by atoms with E-state index in [4.69, 9.17) is 17.3 Å². The van der Waals surface area contributed by atoms with E-state index in [-0.39, 0.29) is 0 Å². The molecule has 1 aromatic carbocycles. The van der Waals surface area contributed by atoms with Gasteiger partial charge in [-0.25, -0.2) is 0 Å². The van der Waals surface area contributed by atoms with Gasteiger partial charge in [0.05, 0.1) is 10.7 Å². The maximum atomic E-state index is 5.95. The Bertz CT molecular complexity index is 314. The van der Waals surface area contributed by atoms with Gasteiger partial charge in [-0.2, -0.15) is 0 Å². The van der Waals surface area contributed by atoms with Gasteiger partial charge in [0.25, 0.3) is 0 Å². The summed E-state index contributed by atoms with van der Waals surface area (Å²) in [7, 11) is 0. The van der Waals surface area contributed by atoms with Gasteiger partial charge < -0.3 is 5.73 Å². The predicted molar refractivity (Wildman–Crippen MR) is 70.7 cm³/mol. The molecule has 1 unspecified atom stereocenters. The molecule has 3 heteroatoms. The Balaban J connectivity index is 2.47. The normalized spacial score (nSPS) is 12.7. The maximum absolute atomic E-state index is 5.95. The maximum Gasteiger partial charge on any atom is 0.0646 e. The molecule has 0 bridgehead atoms. The number of nitrogens with two attached hydrogens (primary N) is 1. The van der Waals surface area contributed by atoms with E-state index in [2.05, 4.69) is 13.8 Å². The zero-order chi connectivity index (χ0) is 11.3. The lowest BCUT2D eigenvalue weighted by atomic mass is 10.1. The molecule has 0 aliphatic rings. The summed E-state index contributed by atoms with van der Waals surface area (Å²) in [5.74, 6) is 1.91. The van der Waals surface area contributed by atoms with E-state index in [1.54, 1.807) is 0 Å². The number of benzene rings is 1. The van der Waals surface area contributed by atoms with E-state index in [0.717, 1.165) is 11.7 Å². The lowest BCUT2D eigenvalue weighted by Gasteiger charge is -2.09. The van der Waals surface area contributed by atoms with Crippen molar-refractivity contribution in [3.8, 4) is 0 Å². The van der Waals surface area contributed by atoms with Gasteiger partial charge in [0.1, 0.15) is 0 Å². The van der Waals surface area contributed by atoms with Gasteiger partial charge in [-0.15, -0.1) is 11.8 Å². The summed E-state index contributed by atoms with van der Waals surface area (Å²) < 4.78 is 0. The molecule has 1 rings (SSSR count). The fourth-order valence-corrected chi connectivity index (χ4v) is 2.67. The Morgan fingerprint density at radius 3 is 2.80 bits per heavy atom. The van der Waals surface area contributed by atoms with Crippen molar-refractivity contribution in [2.45, 2.75) is 31.6 Å². The van der Waals surface area contributed by atoms with E-state index < -0.39 is 0 Å². The smallest absolute Gasteiger partial charge is 0.0646 e. The third-order valence-corrected chi connectivity index (χ3v) is 3.94. The Kier molecular flexibility index (Phi) is 5.34. The summed E-state index contributed by atoms with van der Waals surface area (Å²) in [6.45, 7) is 4.51. The second-order valence-corrected chi connectivity index (χ2v) is 5.39. The minimum Gasteiger partial charge on any atom is -0.398 e. The SMILES string of the molecule is CCCC(C)CSc1ccc(N)c(Cl)c1. The number of nitrogen functional groups attached to an aromatic ring is 1. The predicted octanol–water partition coefficient (Wildman–Crippen LogP) is 4.45. The lowest BCUT2D eigenvalue weighted by molar-refractivity contribution is 0.585. The zero-order valence-electron chi connectivity index (χ0n) is 9.29.